The molecule has 1 aliphatic heterocycles. The Morgan fingerprint density at radius 3 is 2.71 bits per heavy atom. The van der Waals surface area contributed by atoms with Gasteiger partial charge in [0.1, 0.15) is 5.75 Å². The summed E-state index contributed by atoms with van der Waals surface area (Å²) >= 11 is 0. The normalized spacial score (nSPS) is 16.3. The molecule has 2 amide bonds. The number of hydrogen-bond acceptors (Lipinski definition) is 3. The predicted molar refractivity (Wildman–Crippen MR) is 107 cm³/mol. The summed E-state index contributed by atoms with van der Waals surface area (Å²) in [4.78, 5) is 24.7. The Bertz CT molecular complexity index is 1110. The lowest BCUT2D eigenvalue weighted by Gasteiger charge is -2.25. The van der Waals surface area contributed by atoms with E-state index in [1.807, 2.05) is 42.5 Å². The van der Waals surface area contributed by atoms with Gasteiger partial charge < -0.3 is 15.4 Å². The summed E-state index contributed by atoms with van der Waals surface area (Å²) in [6.45, 7) is 0. The quantitative estimate of drug-likeness (QED) is 0.573. The Morgan fingerprint density at radius 2 is 1.79 bits per heavy atom. The van der Waals surface area contributed by atoms with Crippen molar-refractivity contribution in [2.45, 2.75) is 18.9 Å². The average molecular weight is 370 g/mol. The van der Waals surface area contributed by atoms with Crippen LogP contribution in [-0.4, -0.2) is 17.9 Å². The van der Waals surface area contributed by atoms with E-state index in [0.717, 1.165) is 17.7 Å². The van der Waals surface area contributed by atoms with Crippen molar-refractivity contribution in [1.82, 2.24) is 0 Å². The second-order valence-electron chi connectivity index (χ2n) is 7.05. The van der Waals surface area contributed by atoms with Crippen LogP contribution in [0.4, 0.5) is 11.4 Å². The largest absolute Gasteiger partial charge is 0.478 e. The van der Waals surface area contributed by atoms with Crippen LogP contribution in [0.2, 0.25) is 0 Å². The molecule has 2 aliphatic rings. The summed E-state index contributed by atoms with van der Waals surface area (Å²) in [5, 5.41) is 5.68. The second kappa shape index (κ2) is 6.53. The molecule has 1 atom stereocenters. The molecule has 138 valence electrons. The van der Waals surface area contributed by atoms with Crippen LogP contribution >= 0.6 is 0 Å². The summed E-state index contributed by atoms with van der Waals surface area (Å²) in [5.41, 5.74) is 6.26. The number of para-hydroxylation sites is 2. The molecule has 0 spiro atoms. The topological polar surface area (TPSA) is 67.4 Å². The van der Waals surface area contributed by atoms with Crippen molar-refractivity contribution >= 4 is 23.2 Å². The highest BCUT2D eigenvalue weighted by Crippen LogP contribution is 2.38. The zero-order chi connectivity index (χ0) is 19.1. The molecule has 0 saturated heterocycles. The minimum atomic E-state index is -0.843. The summed E-state index contributed by atoms with van der Waals surface area (Å²) in [7, 11) is 0. The van der Waals surface area contributed by atoms with Crippen LogP contribution in [0, 0.1) is 0 Å². The monoisotopic (exact) mass is 370 g/mol. The highest BCUT2D eigenvalue weighted by Gasteiger charge is 2.29. The summed E-state index contributed by atoms with van der Waals surface area (Å²) in [6.07, 6.45) is 0.0216. The number of rotatable bonds is 3. The lowest BCUT2D eigenvalue weighted by atomic mass is 10.1. The van der Waals surface area contributed by atoms with Crippen LogP contribution in [0.1, 0.15) is 17.5 Å². The van der Waals surface area contributed by atoms with Gasteiger partial charge >= 0.3 is 0 Å². The van der Waals surface area contributed by atoms with Gasteiger partial charge in [0.15, 0.2) is 6.10 Å². The smallest absolute Gasteiger partial charge is 0.266 e. The van der Waals surface area contributed by atoms with E-state index in [-0.39, 0.29) is 18.2 Å². The van der Waals surface area contributed by atoms with E-state index in [2.05, 4.69) is 22.8 Å². The molecule has 1 aliphatic carbocycles. The lowest BCUT2D eigenvalue weighted by molar-refractivity contribution is -0.128. The zero-order valence-electron chi connectivity index (χ0n) is 15.1. The molecular weight excluding hydrogens is 352 g/mol. The SMILES string of the molecule is O=C(C[C@@H]1Oc2ccccc2NC1=O)Nc1ccc2c(c1)-c1ccccc1C2. The molecule has 0 saturated carbocycles. The fourth-order valence-corrected chi connectivity index (χ4v) is 3.81. The van der Waals surface area contributed by atoms with Gasteiger partial charge in [-0.3, -0.25) is 9.59 Å². The number of carbonyl (C=O) groups is 2. The molecular formula is C23H18N2O3. The van der Waals surface area contributed by atoms with Crippen LogP contribution in [-0.2, 0) is 16.0 Å². The van der Waals surface area contributed by atoms with Crippen LogP contribution in [0.3, 0.4) is 0 Å². The van der Waals surface area contributed by atoms with Crippen molar-refractivity contribution in [2.75, 3.05) is 10.6 Å². The molecule has 0 fully saturated rings. The van der Waals surface area contributed by atoms with Crippen LogP contribution in [0.25, 0.3) is 11.1 Å². The van der Waals surface area contributed by atoms with Crippen LogP contribution < -0.4 is 15.4 Å². The summed E-state index contributed by atoms with van der Waals surface area (Å²) < 4.78 is 5.70. The second-order valence-corrected chi connectivity index (χ2v) is 7.05. The number of amides is 2. The maximum absolute atomic E-state index is 12.5. The Balaban J connectivity index is 1.30. The molecule has 5 nitrogen and oxygen atoms in total. The molecule has 5 rings (SSSR count). The van der Waals surface area contributed by atoms with Crippen molar-refractivity contribution in [3.63, 3.8) is 0 Å². The van der Waals surface area contributed by atoms with E-state index in [4.69, 9.17) is 4.74 Å². The first-order valence-electron chi connectivity index (χ1n) is 9.25. The van der Waals surface area contributed by atoms with Crippen molar-refractivity contribution < 1.29 is 14.3 Å². The van der Waals surface area contributed by atoms with E-state index in [9.17, 15) is 9.59 Å². The zero-order valence-corrected chi connectivity index (χ0v) is 15.1. The minimum Gasteiger partial charge on any atom is -0.478 e. The fourth-order valence-electron chi connectivity index (χ4n) is 3.81. The molecule has 0 unspecified atom stereocenters. The van der Waals surface area contributed by atoms with Crippen LogP contribution in [0.15, 0.2) is 66.7 Å². The first-order valence-corrected chi connectivity index (χ1v) is 9.25. The number of benzene rings is 3. The van der Waals surface area contributed by atoms with Crippen molar-refractivity contribution in [3.8, 4) is 16.9 Å². The Hall–Kier alpha value is -3.60. The molecule has 3 aromatic carbocycles. The Labute approximate surface area is 162 Å². The highest BCUT2D eigenvalue weighted by molar-refractivity contribution is 6.02. The van der Waals surface area contributed by atoms with E-state index >= 15 is 0 Å². The third kappa shape index (κ3) is 2.91. The molecule has 0 bridgehead atoms. The minimum absolute atomic E-state index is 0.0478. The molecule has 2 N–H and O–H groups in total. The number of anilines is 2. The van der Waals surface area contributed by atoms with Gasteiger partial charge in [-0.1, -0.05) is 42.5 Å². The van der Waals surface area contributed by atoms with Gasteiger partial charge in [-0.2, -0.15) is 0 Å². The summed E-state index contributed by atoms with van der Waals surface area (Å²) in [5.74, 6) is 0.0107. The number of ether oxygens (including phenoxy) is 1. The molecule has 0 radical (unpaired) electrons. The van der Waals surface area contributed by atoms with Gasteiger partial charge in [0.2, 0.25) is 5.91 Å². The first kappa shape index (κ1) is 16.6. The maximum Gasteiger partial charge on any atom is 0.266 e. The lowest BCUT2D eigenvalue weighted by Crippen LogP contribution is -2.39. The maximum atomic E-state index is 12.5. The van der Waals surface area contributed by atoms with E-state index in [1.165, 1.54) is 16.7 Å². The van der Waals surface area contributed by atoms with Gasteiger partial charge in [-0.15, -0.1) is 0 Å². The number of nitrogens with one attached hydrogen (secondary N) is 2. The third-order valence-electron chi connectivity index (χ3n) is 5.16. The van der Waals surface area contributed by atoms with Crippen molar-refractivity contribution in [1.29, 1.82) is 0 Å². The van der Waals surface area contributed by atoms with Gasteiger partial charge in [0.25, 0.3) is 5.91 Å². The Kier molecular flexibility index (Phi) is 3.86. The molecule has 3 aromatic rings. The van der Waals surface area contributed by atoms with Crippen molar-refractivity contribution in [2.24, 2.45) is 0 Å². The summed E-state index contributed by atoms with van der Waals surface area (Å²) in [6, 6.07) is 21.4. The standard InChI is InChI=1S/C23H18N2O3/c26-22(13-21-23(27)25-19-7-3-4-8-20(19)28-21)24-16-10-9-15-11-14-5-1-2-6-17(14)18(15)12-16/h1-10,12,21H,11,13H2,(H,24,26)(H,25,27)/t21-/m0/s1. The molecule has 0 aromatic heterocycles. The Morgan fingerprint density at radius 1 is 1.00 bits per heavy atom. The van der Waals surface area contributed by atoms with Gasteiger partial charge in [0.05, 0.1) is 12.1 Å². The van der Waals surface area contributed by atoms with Gasteiger partial charge in [-0.05, 0) is 52.9 Å². The van der Waals surface area contributed by atoms with E-state index in [0.29, 0.717) is 11.4 Å². The number of carbonyl (C=O) groups excluding carboxylic acids is 2. The van der Waals surface area contributed by atoms with Crippen molar-refractivity contribution in [3.05, 3.63) is 77.9 Å². The van der Waals surface area contributed by atoms with E-state index < -0.39 is 6.10 Å². The first-order chi connectivity index (χ1) is 13.7. The predicted octanol–water partition coefficient (Wildman–Crippen LogP) is 3.99. The number of fused-ring (bicyclic) bond motifs is 4. The molecule has 28 heavy (non-hydrogen) atoms. The molecule has 1 heterocycles. The average Bonchev–Trinajstić information content (AvgIpc) is 3.06. The highest BCUT2D eigenvalue weighted by atomic mass is 16.5. The molecule has 5 heteroatoms. The van der Waals surface area contributed by atoms with E-state index in [1.54, 1.807) is 12.1 Å². The van der Waals surface area contributed by atoms with Gasteiger partial charge in [-0.25, -0.2) is 0 Å². The third-order valence-corrected chi connectivity index (χ3v) is 5.16. The van der Waals surface area contributed by atoms with Gasteiger partial charge in [0, 0.05) is 5.69 Å². The van der Waals surface area contributed by atoms with Crippen LogP contribution in [0.5, 0.6) is 5.75 Å². The number of hydrogen-bond donors (Lipinski definition) is 2. The fraction of sp³-hybridized carbons (Fsp3) is 0.130.